The van der Waals surface area contributed by atoms with Crippen molar-refractivity contribution >= 4 is 23.6 Å². The molecule has 16 nitrogen and oxygen atoms in total. The number of aliphatic hydroxyl groups is 6. The highest BCUT2D eigenvalue weighted by atomic mass is 16.6. The van der Waals surface area contributed by atoms with Crippen LogP contribution in [0.2, 0.25) is 0 Å². The molecule has 0 unspecified atom stereocenters. The van der Waals surface area contributed by atoms with Gasteiger partial charge >= 0.3 is 0 Å². The molecule has 218 valence electrons. The number of hydrogen-bond acceptors (Lipinski definition) is 12. The highest BCUT2D eigenvalue weighted by molar-refractivity contribution is 5.84. The lowest BCUT2D eigenvalue weighted by Crippen LogP contribution is -2.61. The van der Waals surface area contributed by atoms with Crippen molar-refractivity contribution in [3.8, 4) is 0 Å². The SMILES string of the molecule is C[C@@H]1O[C@@H](NC(=O)CCNC(=O)CCC(=O)NCCC(=O)N[C@@H]2O[C@@H](C)[C@@H](O)[C@@H](O)[C@@H]2O)[C@@H](O)[C@H](O)[C@@H]1O. The van der Waals surface area contributed by atoms with E-state index < -0.39 is 84.9 Å². The molecule has 2 saturated heterocycles. The maximum atomic E-state index is 12.0. The average molecular weight is 551 g/mol. The first-order chi connectivity index (χ1) is 17.8. The van der Waals surface area contributed by atoms with Crippen molar-refractivity contribution in [1.82, 2.24) is 21.3 Å². The number of carbonyl (C=O) groups is 4. The molecule has 0 aromatic heterocycles. The fourth-order valence-corrected chi connectivity index (χ4v) is 3.84. The summed E-state index contributed by atoms with van der Waals surface area (Å²) in [6.07, 6.45) is -13.4. The van der Waals surface area contributed by atoms with Crippen molar-refractivity contribution < 1.29 is 59.3 Å². The van der Waals surface area contributed by atoms with Gasteiger partial charge < -0.3 is 61.4 Å². The van der Waals surface area contributed by atoms with Gasteiger partial charge in [-0.15, -0.1) is 0 Å². The molecule has 0 bridgehead atoms. The van der Waals surface area contributed by atoms with Crippen LogP contribution in [-0.2, 0) is 28.7 Å². The van der Waals surface area contributed by atoms with Crippen molar-refractivity contribution in [2.75, 3.05) is 13.1 Å². The normalized spacial score (nSPS) is 35.2. The lowest BCUT2D eigenvalue weighted by atomic mass is 9.99. The molecule has 2 fully saturated rings. The molecular formula is C22H38N4O12. The summed E-state index contributed by atoms with van der Waals surface area (Å²) in [4.78, 5) is 47.9. The Morgan fingerprint density at radius 1 is 0.526 bits per heavy atom. The fourth-order valence-electron chi connectivity index (χ4n) is 3.84. The van der Waals surface area contributed by atoms with Crippen LogP contribution in [0.15, 0.2) is 0 Å². The molecule has 0 aromatic carbocycles. The molecule has 0 radical (unpaired) electrons. The zero-order chi connectivity index (χ0) is 28.6. The van der Waals surface area contributed by atoms with Crippen LogP contribution in [0.25, 0.3) is 0 Å². The standard InChI is InChI=1S/C22H38N4O12/c1-9-15(31)17(33)19(35)21(37-9)25-13(29)5-7-23-11(27)3-4-12(28)24-8-6-14(30)26-22-20(36)18(34)16(32)10(2)38-22/h9-10,15-22,31-36H,3-8H2,1-2H3,(H,23,27)(H,24,28)(H,25,29)(H,26,30)/t9-,10-,15+,16+,17+,18+,19-,20-,21+,22+/m0/s1. The Bertz CT molecular complexity index is 766. The van der Waals surface area contributed by atoms with E-state index in [1.165, 1.54) is 13.8 Å². The summed E-state index contributed by atoms with van der Waals surface area (Å²) in [7, 11) is 0. The van der Waals surface area contributed by atoms with Gasteiger partial charge in [0.15, 0.2) is 12.5 Å². The monoisotopic (exact) mass is 550 g/mol. The van der Waals surface area contributed by atoms with Gasteiger partial charge in [0.25, 0.3) is 0 Å². The number of hydrogen-bond donors (Lipinski definition) is 10. The molecule has 0 aromatic rings. The molecular weight excluding hydrogens is 512 g/mol. The summed E-state index contributed by atoms with van der Waals surface area (Å²) < 4.78 is 10.5. The predicted octanol–water partition coefficient (Wildman–Crippen LogP) is -5.33. The van der Waals surface area contributed by atoms with Gasteiger partial charge in [-0.3, -0.25) is 19.2 Å². The van der Waals surface area contributed by atoms with Crippen LogP contribution in [-0.4, -0.2) is 129 Å². The zero-order valence-corrected chi connectivity index (χ0v) is 21.1. The van der Waals surface area contributed by atoms with E-state index in [-0.39, 0.29) is 38.8 Å². The molecule has 0 saturated carbocycles. The highest BCUT2D eigenvalue weighted by Crippen LogP contribution is 2.20. The van der Waals surface area contributed by atoms with E-state index in [1.54, 1.807) is 0 Å². The lowest BCUT2D eigenvalue weighted by Gasteiger charge is -2.39. The van der Waals surface area contributed by atoms with Gasteiger partial charge in [-0.1, -0.05) is 0 Å². The number of aliphatic hydroxyl groups excluding tert-OH is 6. The minimum atomic E-state index is -1.53. The molecule has 38 heavy (non-hydrogen) atoms. The van der Waals surface area contributed by atoms with Gasteiger partial charge in [0.05, 0.1) is 12.2 Å². The molecule has 0 spiro atoms. The third-order valence-corrected chi connectivity index (χ3v) is 6.24. The summed E-state index contributed by atoms with van der Waals surface area (Å²) in [5, 5.41) is 68.3. The molecule has 2 rings (SSSR count). The minimum Gasteiger partial charge on any atom is -0.388 e. The first-order valence-electron chi connectivity index (χ1n) is 12.3. The Kier molecular flexibility index (Phi) is 12.2. The summed E-state index contributed by atoms with van der Waals surface area (Å²) in [5.74, 6) is -2.14. The zero-order valence-electron chi connectivity index (χ0n) is 21.1. The third kappa shape index (κ3) is 9.09. The van der Waals surface area contributed by atoms with Gasteiger partial charge in [0.1, 0.15) is 36.6 Å². The summed E-state index contributed by atoms with van der Waals surface area (Å²) >= 11 is 0. The van der Waals surface area contributed by atoms with Gasteiger partial charge in [-0.2, -0.15) is 0 Å². The van der Waals surface area contributed by atoms with Gasteiger partial charge in [0.2, 0.25) is 23.6 Å². The molecule has 2 heterocycles. The average Bonchev–Trinajstić information content (AvgIpc) is 2.86. The van der Waals surface area contributed by atoms with Crippen LogP contribution in [0.5, 0.6) is 0 Å². The first kappa shape index (κ1) is 31.8. The van der Waals surface area contributed by atoms with E-state index >= 15 is 0 Å². The number of rotatable bonds is 11. The maximum Gasteiger partial charge on any atom is 0.223 e. The molecule has 10 N–H and O–H groups in total. The van der Waals surface area contributed by atoms with E-state index in [1.807, 2.05) is 0 Å². The number of carbonyl (C=O) groups excluding carboxylic acids is 4. The Balaban J connectivity index is 1.57. The molecule has 0 aliphatic carbocycles. The Morgan fingerprint density at radius 3 is 1.21 bits per heavy atom. The van der Waals surface area contributed by atoms with Crippen molar-refractivity contribution in [1.29, 1.82) is 0 Å². The first-order valence-corrected chi connectivity index (χ1v) is 12.3. The predicted molar refractivity (Wildman–Crippen MR) is 125 cm³/mol. The van der Waals surface area contributed by atoms with E-state index in [9.17, 15) is 49.8 Å². The van der Waals surface area contributed by atoms with Crippen molar-refractivity contribution in [2.24, 2.45) is 0 Å². The molecule has 2 aliphatic rings. The van der Waals surface area contributed by atoms with Gasteiger partial charge in [0, 0.05) is 38.8 Å². The van der Waals surface area contributed by atoms with Crippen LogP contribution in [0.1, 0.15) is 39.5 Å². The topological polar surface area (TPSA) is 256 Å². The Morgan fingerprint density at radius 2 is 0.868 bits per heavy atom. The van der Waals surface area contributed by atoms with E-state index in [0.29, 0.717) is 0 Å². The van der Waals surface area contributed by atoms with Crippen molar-refractivity contribution in [3.05, 3.63) is 0 Å². The quantitative estimate of drug-likeness (QED) is 0.116. The van der Waals surface area contributed by atoms with Crippen molar-refractivity contribution in [3.63, 3.8) is 0 Å². The van der Waals surface area contributed by atoms with E-state index in [2.05, 4.69) is 21.3 Å². The van der Waals surface area contributed by atoms with E-state index in [4.69, 9.17) is 9.47 Å². The summed E-state index contributed by atoms with van der Waals surface area (Å²) in [6, 6.07) is 0. The minimum absolute atomic E-state index is 0.0601. The highest BCUT2D eigenvalue weighted by Gasteiger charge is 2.43. The largest absolute Gasteiger partial charge is 0.388 e. The third-order valence-electron chi connectivity index (χ3n) is 6.24. The maximum absolute atomic E-state index is 12.0. The van der Waals surface area contributed by atoms with Gasteiger partial charge in [-0.25, -0.2) is 0 Å². The number of nitrogens with one attached hydrogen (secondary N) is 4. The fraction of sp³-hybridized carbons (Fsp3) is 0.818. The van der Waals surface area contributed by atoms with Crippen LogP contribution in [0.3, 0.4) is 0 Å². The van der Waals surface area contributed by atoms with Crippen LogP contribution in [0.4, 0.5) is 0 Å². The van der Waals surface area contributed by atoms with Crippen molar-refractivity contribution in [2.45, 2.75) is 101 Å². The summed E-state index contributed by atoms with van der Waals surface area (Å²) in [6.45, 7) is 2.83. The summed E-state index contributed by atoms with van der Waals surface area (Å²) in [5.41, 5.74) is 0. The second-order valence-electron chi connectivity index (χ2n) is 9.30. The molecule has 16 heteroatoms. The molecule has 4 amide bonds. The molecule has 2 aliphatic heterocycles. The second kappa shape index (κ2) is 14.6. The Labute approximate surface area is 218 Å². The second-order valence-corrected chi connectivity index (χ2v) is 9.30. The van der Waals surface area contributed by atoms with Crippen LogP contribution >= 0.6 is 0 Å². The van der Waals surface area contributed by atoms with Crippen LogP contribution in [0, 0.1) is 0 Å². The Hall–Kier alpha value is -2.44. The number of ether oxygens (including phenoxy) is 2. The number of amides is 4. The lowest BCUT2D eigenvalue weighted by molar-refractivity contribution is -0.224. The molecule has 10 atom stereocenters. The van der Waals surface area contributed by atoms with Crippen LogP contribution < -0.4 is 21.3 Å². The van der Waals surface area contributed by atoms with E-state index in [0.717, 1.165) is 0 Å². The smallest absolute Gasteiger partial charge is 0.223 e. The van der Waals surface area contributed by atoms with Gasteiger partial charge in [-0.05, 0) is 13.8 Å².